The fourth-order valence-electron chi connectivity index (χ4n) is 2.29. The fourth-order valence-corrected chi connectivity index (χ4v) is 2.29. The SMILES string of the molecule is Cc1ccc(F)c(C(O)c2cnc3ccccc3c2)c1. The van der Waals surface area contributed by atoms with Crippen LogP contribution in [-0.2, 0) is 0 Å². The van der Waals surface area contributed by atoms with Crippen molar-refractivity contribution >= 4 is 10.9 Å². The summed E-state index contributed by atoms with van der Waals surface area (Å²) in [5.41, 5.74) is 2.64. The summed E-state index contributed by atoms with van der Waals surface area (Å²) in [6.45, 7) is 1.87. The van der Waals surface area contributed by atoms with Crippen LogP contribution < -0.4 is 0 Å². The van der Waals surface area contributed by atoms with Gasteiger partial charge in [0.1, 0.15) is 11.9 Å². The molecule has 1 atom stereocenters. The molecule has 100 valence electrons. The lowest BCUT2D eigenvalue weighted by molar-refractivity contribution is 0.214. The number of halogens is 1. The molecule has 1 N–H and O–H groups in total. The van der Waals surface area contributed by atoms with E-state index in [9.17, 15) is 9.50 Å². The summed E-state index contributed by atoms with van der Waals surface area (Å²) in [5.74, 6) is -0.406. The molecule has 3 rings (SSSR count). The molecule has 1 unspecified atom stereocenters. The summed E-state index contributed by atoms with van der Waals surface area (Å²) >= 11 is 0. The Labute approximate surface area is 116 Å². The molecule has 0 aliphatic heterocycles. The third kappa shape index (κ3) is 2.28. The van der Waals surface area contributed by atoms with Crippen LogP contribution >= 0.6 is 0 Å². The maximum absolute atomic E-state index is 13.8. The molecule has 0 aliphatic carbocycles. The second-order valence-corrected chi connectivity index (χ2v) is 4.89. The van der Waals surface area contributed by atoms with Crippen LogP contribution in [0.25, 0.3) is 10.9 Å². The number of pyridine rings is 1. The van der Waals surface area contributed by atoms with Gasteiger partial charge in [0.15, 0.2) is 0 Å². The van der Waals surface area contributed by atoms with E-state index in [1.807, 2.05) is 37.3 Å². The molecule has 0 aliphatic rings. The molecule has 1 heterocycles. The second kappa shape index (κ2) is 5.02. The first kappa shape index (κ1) is 12.8. The molecule has 0 saturated carbocycles. The van der Waals surface area contributed by atoms with Crippen molar-refractivity contribution in [1.82, 2.24) is 4.98 Å². The Morgan fingerprint density at radius 3 is 2.75 bits per heavy atom. The monoisotopic (exact) mass is 267 g/mol. The summed E-state index contributed by atoms with van der Waals surface area (Å²) in [7, 11) is 0. The minimum Gasteiger partial charge on any atom is -0.383 e. The van der Waals surface area contributed by atoms with Crippen LogP contribution in [0.2, 0.25) is 0 Å². The molecular weight excluding hydrogens is 253 g/mol. The van der Waals surface area contributed by atoms with E-state index < -0.39 is 11.9 Å². The van der Waals surface area contributed by atoms with Crippen molar-refractivity contribution in [2.45, 2.75) is 13.0 Å². The van der Waals surface area contributed by atoms with Gasteiger partial charge in [-0.05, 0) is 25.1 Å². The molecule has 20 heavy (non-hydrogen) atoms. The first-order valence-electron chi connectivity index (χ1n) is 6.44. The van der Waals surface area contributed by atoms with Gasteiger partial charge in [-0.3, -0.25) is 4.98 Å². The van der Waals surface area contributed by atoms with Crippen LogP contribution in [0.3, 0.4) is 0 Å². The zero-order valence-electron chi connectivity index (χ0n) is 11.0. The zero-order valence-corrected chi connectivity index (χ0v) is 11.0. The van der Waals surface area contributed by atoms with Crippen LogP contribution in [0.15, 0.2) is 54.7 Å². The minimum atomic E-state index is -1.01. The number of aliphatic hydroxyl groups excluding tert-OH is 1. The molecule has 0 spiro atoms. The highest BCUT2D eigenvalue weighted by Crippen LogP contribution is 2.26. The predicted octanol–water partition coefficient (Wildman–Crippen LogP) is 3.76. The van der Waals surface area contributed by atoms with Crippen molar-refractivity contribution < 1.29 is 9.50 Å². The first-order valence-corrected chi connectivity index (χ1v) is 6.44. The largest absolute Gasteiger partial charge is 0.383 e. The molecule has 0 radical (unpaired) electrons. The van der Waals surface area contributed by atoms with E-state index in [4.69, 9.17) is 0 Å². The second-order valence-electron chi connectivity index (χ2n) is 4.89. The van der Waals surface area contributed by atoms with Crippen molar-refractivity contribution in [1.29, 1.82) is 0 Å². The molecule has 0 saturated heterocycles. The summed E-state index contributed by atoms with van der Waals surface area (Å²) in [6.07, 6.45) is 0.585. The third-order valence-corrected chi connectivity index (χ3v) is 3.37. The van der Waals surface area contributed by atoms with Crippen molar-refractivity contribution in [2.75, 3.05) is 0 Å². The lowest BCUT2D eigenvalue weighted by Gasteiger charge is -2.13. The average Bonchev–Trinajstić information content (AvgIpc) is 2.48. The Balaban J connectivity index is 2.07. The molecule has 2 aromatic carbocycles. The number of hydrogen-bond acceptors (Lipinski definition) is 2. The van der Waals surface area contributed by atoms with Crippen molar-refractivity contribution in [3.8, 4) is 0 Å². The van der Waals surface area contributed by atoms with Gasteiger partial charge in [-0.2, -0.15) is 0 Å². The Hall–Kier alpha value is -2.26. The fraction of sp³-hybridized carbons (Fsp3) is 0.118. The van der Waals surface area contributed by atoms with Crippen LogP contribution in [0.1, 0.15) is 22.8 Å². The molecule has 2 nitrogen and oxygen atoms in total. The topological polar surface area (TPSA) is 33.1 Å². The number of nitrogens with zero attached hydrogens (tertiary/aromatic N) is 1. The molecule has 0 amide bonds. The standard InChI is InChI=1S/C17H14FNO/c1-11-6-7-15(18)14(8-11)17(20)13-9-12-4-2-3-5-16(12)19-10-13/h2-10,17,20H,1H3. The van der Waals surface area contributed by atoms with Gasteiger partial charge in [-0.15, -0.1) is 0 Å². The highest BCUT2D eigenvalue weighted by Gasteiger charge is 2.16. The van der Waals surface area contributed by atoms with Gasteiger partial charge < -0.3 is 5.11 Å². The number of benzene rings is 2. The molecule has 1 aromatic heterocycles. The Bertz CT molecular complexity index is 770. The van der Waals surface area contributed by atoms with Gasteiger partial charge >= 0.3 is 0 Å². The Kier molecular flexibility index (Phi) is 3.20. The lowest BCUT2D eigenvalue weighted by Crippen LogP contribution is -2.03. The van der Waals surface area contributed by atoms with Gasteiger partial charge in [0.2, 0.25) is 0 Å². The molecular formula is C17H14FNO. The first-order chi connectivity index (χ1) is 9.65. The predicted molar refractivity (Wildman–Crippen MR) is 76.9 cm³/mol. The number of fused-ring (bicyclic) bond motifs is 1. The molecule has 0 bridgehead atoms. The third-order valence-electron chi connectivity index (χ3n) is 3.37. The van der Waals surface area contributed by atoms with Crippen molar-refractivity contribution in [3.63, 3.8) is 0 Å². The van der Waals surface area contributed by atoms with E-state index in [0.717, 1.165) is 16.5 Å². The van der Waals surface area contributed by atoms with Gasteiger partial charge in [0.05, 0.1) is 5.52 Å². The van der Waals surface area contributed by atoms with Crippen LogP contribution in [-0.4, -0.2) is 10.1 Å². The molecule has 3 aromatic rings. The van der Waals surface area contributed by atoms with E-state index >= 15 is 0 Å². The highest BCUT2D eigenvalue weighted by atomic mass is 19.1. The summed E-state index contributed by atoms with van der Waals surface area (Å²) in [5, 5.41) is 11.3. The van der Waals surface area contributed by atoms with Crippen LogP contribution in [0.4, 0.5) is 4.39 Å². The van der Waals surface area contributed by atoms with Crippen molar-refractivity contribution in [2.24, 2.45) is 0 Å². The number of hydrogen-bond donors (Lipinski definition) is 1. The summed E-state index contributed by atoms with van der Waals surface area (Å²) in [4.78, 5) is 4.30. The van der Waals surface area contributed by atoms with E-state index in [1.54, 1.807) is 18.3 Å². The summed E-state index contributed by atoms with van der Waals surface area (Å²) in [6, 6.07) is 14.2. The molecule has 3 heteroatoms. The Morgan fingerprint density at radius 1 is 1.10 bits per heavy atom. The molecule has 0 fully saturated rings. The van der Waals surface area contributed by atoms with Gasteiger partial charge in [-0.1, -0.05) is 35.9 Å². The van der Waals surface area contributed by atoms with E-state index in [0.29, 0.717) is 5.56 Å². The number of aliphatic hydroxyl groups is 1. The van der Waals surface area contributed by atoms with E-state index in [-0.39, 0.29) is 5.56 Å². The number of rotatable bonds is 2. The highest BCUT2D eigenvalue weighted by molar-refractivity contribution is 5.78. The average molecular weight is 267 g/mol. The van der Waals surface area contributed by atoms with Crippen molar-refractivity contribution in [3.05, 3.63) is 77.2 Å². The van der Waals surface area contributed by atoms with E-state index in [1.165, 1.54) is 6.07 Å². The quantitative estimate of drug-likeness (QED) is 0.766. The maximum Gasteiger partial charge on any atom is 0.129 e. The summed E-state index contributed by atoms with van der Waals surface area (Å²) < 4.78 is 13.8. The van der Waals surface area contributed by atoms with E-state index in [2.05, 4.69) is 4.98 Å². The Morgan fingerprint density at radius 2 is 1.90 bits per heavy atom. The normalized spacial score (nSPS) is 12.6. The van der Waals surface area contributed by atoms with Gasteiger partial charge in [-0.25, -0.2) is 4.39 Å². The smallest absolute Gasteiger partial charge is 0.129 e. The van der Waals surface area contributed by atoms with Gasteiger partial charge in [0.25, 0.3) is 0 Å². The number of aromatic nitrogens is 1. The number of aryl methyl sites for hydroxylation is 1. The zero-order chi connectivity index (χ0) is 14.1. The van der Waals surface area contributed by atoms with Crippen LogP contribution in [0.5, 0.6) is 0 Å². The van der Waals surface area contributed by atoms with Crippen LogP contribution in [0, 0.1) is 12.7 Å². The number of para-hydroxylation sites is 1. The van der Waals surface area contributed by atoms with Gasteiger partial charge in [0, 0.05) is 22.7 Å². The minimum absolute atomic E-state index is 0.280. The maximum atomic E-state index is 13.8. The lowest BCUT2D eigenvalue weighted by atomic mass is 9.99.